The fourth-order valence-corrected chi connectivity index (χ4v) is 3.69. The molecule has 1 aliphatic heterocycles. The predicted octanol–water partition coefficient (Wildman–Crippen LogP) is 1.30. The van der Waals surface area contributed by atoms with E-state index in [1.54, 1.807) is 0 Å². The van der Waals surface area contributed by atoms with E-state index in [4.69, 9.17) is 0 Å². The lowest BCUT2D eigenvalue weighted by molar-refractivity contribution is -0.135. The Labute approximate surface area is 113 Å². The smallest absolute Gasteiger partial charge is 0.245 e. The van der Waals surface area contributed by atoms with Gasteiger partial charge in [0, 0.05) is 19.5 Å². The Kier molecular flexibility index (Phi) is 2.45. The molecule has 0 aromatic rings. The molecule has 4 heteroatoms. The summed E-state index contributed by atoms with van der Waals surface area (Å²) in [5.74, 6) is 1.53. The number of hydrogen-bond acceptors (Lipinski definition) is 2. The maximum absolute atomic E-state index is 12.6. The first-order valence-corrected chi connectivity index (χ1v) is 7.76. The third-order valence-corrected chi connectivity index (χ3v) is 5.44. The van der Waals surface area contributed by atoms with Gasteiger partial charge in [-0.25, -0.2) is 0 Å². The van der Waals surface area contributed by atoms with Crippen molar-refractivity contribution in [3.8, 4) is 0 Å². The Morgan fingerprint density at radius 2 is 1.89 bits per heavy atom. The van der Waals surface area contributed by atoms with E-state index in [9.17, 15) is 9.59 Å². The van der Waals surface area contributed by atoms with Crippen LogP contribution in [0, 0.1) is 17.3 Å². The van der Waals surface area contributed by atoms with Gasteiger partial charge in [-0.1, -0.05) is 0 Å². The molecular formula is C15H22N2O2. The minimum Gasteiger partial charge on any atom is -0.344 e. The molecule has 0 aromatic heterocycles. The first-order chi connectivity index (χ1) is 9.18. The lowest BCUT2D eigenvalue weighted by Gasteiger charge is -2.28. The molecule has 0 spiro atoms. The van der Waals surface area contributed by atoms with Crippen LogP contribution in [0.4, 0.5) is 0 Å². The quantitative estimate of drug-likeness (QED) is 0.830. The Bertz CT molecular complexity index is 422. The van der Waals surface area contributed by atoms with Crippen LogP contribution in [-0.4, -0.2) is 35.8 Å². The highest BCUT2D eigenvalue weighted by atomic mass is 16.2. The number of amides is 2. The van der Waals surface area contributed by atoms with Gasteiger partial charge in [0.15, 0.2) is 0 Å². The molecule has 1 heterocycles. The van der Waals surface area contributed by atoms with E-state index in [1.807, 2.05) is 4.90 Å². The molecule has 1 unspecified atom stereocenters. The van der Waals surface area contributed by atoms with E-state index in [1.165, 1.54) is 25.7 Å². The molecule has 4 rings (SSSR count). The largest absolute Gasteiger partial charge is 0.344 e. The summed E-state index contributed by atoms with van der Waals surface area (Å²) in [6.07, 6.45) is 7.96. The van der Waals surface area contributed by atoms with Crippen LogP contribution < -0.4 is 5.32 Å². The summed E-state index contributed by atoms with van der Waals surface area (Å²) in [4.78, 5) is 26.4. The summed E-state index contributed by atoms with van der Waals surface area (Å²) < 4.78 is 0. The first-order valence-electron chi connectivity index (χ1n) is 7.76. The fraction of sp³-hybridized carbons (Fsp3) is 0.867. The third kappa shape index (κ3) is 2.15. The number of carbonyl (C=O) groups is 2. The number of nitrogens with one attached hydrogen (secondary N) is 1. The normalized spacial score (nSPS) is 33.9. The van der Waals surface area contributed by atoms with E-state index in [0.717, 1.165) is 25.3 Å². The predicted molar refractivity (Wildman–Crippen MR) is 70.2 cm³/mol. The van der Waals surface area contributed by atoms with Gasteiger partial charge in [0.2, 0.25) is 11.8 Å². The summed E-state index contributed by atoms with van der Waals surface area (Å²) >= 11 is 0. The lowest BCUT2D eigenvalue weighted by Crippen LogP contribution is -2.47. The van der Waals surface area contributed by atoms with Crippen LogP contribution in [0.15, 0.2) is 0 Å². The van der Waals surface area contributed by atoms with Crippen LogP contribution in [0.3, 0.4) is 0 Å². The van der Waals surface area contributed by atoms with Crippen LogP contribution in [0.5, 0.6) is 0 Å². The van der Waals surface area contributed by atoms with Crippen molar-refractivity contribution in [1.82, 2.24) is 10.2 Å². The van der Waals surface area contributed by atoms with Crippen LogP contribution in [-0.2, 0) is 9.59 Å². The molecular weight excluding hydrogens is 240 g/mol. The monoisotopic (exact) mass is 262 g/mol. The average molecular weight is 262 g/mol. The molecule has 19 heavy (non-hydrogen) atoms. The number of nitrogens with zero attached hydrogens (tertiary/aromatic N) is 1. The molecule has 1 saturated heterocycles. The van der Waals surface area contributed by atoms with Gasteiger partial charge < -0.3 is 10.2 Å². The number of carbonyl (C=O) groups excluding carboxylic acids is 2. The topological polar surface area (TPSA) is 49.4 Å². The molecule has 3 saturated carbocycles. The highest BCUT2D eigenvalue weighted by Gasteiger charge is 2.55. The minimum atomic E-state index is -0.218. The highest BCUT2D eigenvalue weighted by Crippen LogP contribution is 2.61. The van der Waals surface area contributed by atoms with Crippen molar-refractivity contribution >= 4 is 11.8 Å². The number of rotatable bonds is 4. The molecule has 4 nitrogen and oxygen atoms in total. The van der Waals surface area contributed by atoms with E-state index >= 15 is 0 Å². The van der Waals surface area contributed by atoms with Gasteiger partial charge >= 0.3 is 0 Å². The zero-order valence-corrected chi connectivity index (χ0v) is 11.4. The van der Waals surface area contributed by atoms with Crippen LogP contribution in [0.25, 0.3) is 0 Å². The number of hydrogen-bond donors (Lipinski definition) is 1. The molecule has 1 N–H and O–H groups in total. The van der Waals surface area contributed by atoms with Crippen molar-refractivity contribution < 1.29 is 9.59 Å². The molecule has 4 fully saturated rings. The SMILES string of the molecule is O=C1CCN(CC2(C3CC3)CC2)C(=O)C(C2CC2)N1. The zero-order chi connectivity index (χ0) is 13.0. The molecule has 104 valence electrons. The van der Waals surface area contributed by atoms with Crippen molar-refractivity contribution in [2.45, 2.75) is 51.0 Å². The molecule has 2 amide bonds. The zero-order valence-electron chi connectivity index (χ0n) is 11.4. The van der Waals surface area contributed by atoms with Crippen molar-refractivity contribution in [3.05, 3.63) is 0 Å². The van der Waals surface area contributed by atoms with E-state index < -0.39 is 0 Å². The average Bonchev–Trinajstić information content (AvgIpc) is 3.27. The summed E-state index contributed by atoms with van der Waals surface area (Å²) in [5.41, 5.74) is 0.442. The fourth-order valence-electron chi connectivity index (χ4n) is 3.69. The third-order valence-electron chi connectivity index (χ3n) is 5.44. The molecule has 1 atom stereocenters. The Balaban J connectivity index is 1.49. The van der Waals surface area contributed by atoms with Crippen molar-refractivity contribution in [3.63, 3.8) is 0 Å². The Morgan fingerprint density at radius 3 is 2.47 bits per heavy atom. The van der Waals surface area contributed by atoms with Gasteiger partial charge in [0.1, 0.15) is 6.04 Å². The molecule has 0 bridgehead atoms. The van der Waals surface area contributed by atoms with Crippen molar-refractivity contribution in [2.24, 2.45) is 17.3 Å². The van der Waals surface area contributed by atoms with Gasteiger partial charge in [-0.3, -0.25) is 9.59 Å². The maximum Gasteiger partial charge on any atom is 0.245 e. The van der Waals surface area contributed by atoms with Crippen LogP contribution >= 0.6 is 0 Å². The van der Waals surface area contributed by atoms with E-state index in [2.05, 4.69) is 5.32 Å². The van der Waals surface area contributed by atoms with Gasteiger partial charge in [0.05, 0.1) is 0 Å². The van der Waals surface area contributed by atoms with Crippen LogP contribution in [0.1, 0.15) is 44.9 Å². The Morgan fingerprint density at radius 1 is 1.16 bits per heavy atom. The van der Waals surface area contributed by atoms with Gasteiger partial charge in [0.25, 0.3) is 0 Å². The highest BCUT2D eigenvalue weighted by molar-refractivity contribution is 5.90. The summed E-state index contributed by atoms with van der Waals surface area (Å²) in [5, 5.41) is 2.94. The van der Waals surface area contributed by atoms with Gasteiger partial charge in [-0.2, -0.15) is 0 Å². The first kappa shape index (κ1) is 11.7. The lowest BCUT2D eigenvalue weighted by atomic mass is 9.99. The maximum atomic E-state index is 12.6. The van der Waals surface area contributed by atoms with E-state index in [0.29, 0.717) is 24.3 Å². The standard InChI is InChI=1S/C15H22N2O2/c18-12-5-8-17(9-15(6-7-15)11-3-4-11)14(19)13(16-12)10-1-2-10/h10-11,13H,1-9H2,(H,16,18). The van der Waals surface area contributed by atoms with Crippen LogP contribution in [0.2, 0.25) is 0 Å². The second-order valence-corrected chi connectivity index (χ2v) is 7.03. The van der Waals surface area contributed by atoms with Gasteiger partial charge in [-0.05, 0) is 55.8 Å². The molecule has 0 aromatic carbocycles. The van der Waals surface area contributed by atoms with Gasteiger partial charge in [-0.15, -0.1) is 0 Å². The molecule has 0 radical (unpaired) electrons. The summed E-state index contributed by atoms with van der Waals surface area (Å²) in [6, 6.07) is -0.218. The van der Waals surface area contributed by atoms with Crippen molar-refractivity contribution in [2.75, 3.05) is 13.1 Å². The second kappa shape index (κ2) is 3.97. The van der Waals surface area contributed by atoms with E-state index in [-0.39, 0.29) is 17.9 Å². The minimum absolute atomic E-state index is 0.0593. The molecule has 4 aliphatic rings. The summed E-state index contributed by atoms with van der Waals surface area (Å²) in [6.45, 7) is 1.54. The van der Waals surface area contributed by atoms with Crippen molar-refractivity contribution in [1.29, 1.82) is 0 Å². The second-order valence-electron chi connectivity index (χ2n) is 7.03. The Hall–Kier alpha value is -1.06. The summed E-state index contributed by atoms with van der Waals surface area (Å²) in [7, 11) is 0. The molecule has 3 aliphatic carbocycles.